The zero-order valence-electron chi connectivity index (χ0n) is 12.6. The third-order valence-electron chi connectivity index (χ3n) is 3.57. The van der Waals surface area contributed by atoms with Crippen LogP contribution in [0.25, 0.3) is 0 Å². The molecule has 0 saturated heterocycles. The van der Waals surface area contributed by atoms with Crippen LogP contribution in [0.4, 0.5) is 0 Å². The zero-order chi connectivity index (χ0) is 15.2. The van der Waals surface area contributed by atoms with Gasteiger partial charge in [0.2, 0.25) is 0 Å². The molecule has 1 unspecified atom stereocenters. The number of nitrogens with one attached hydrogen (secondary N) is 2. The molecule has 0 aliphatic heterocycles. The number of hydrogen-bond donors (Lipinski definition) is 2. The smallest absolute Gasteiger partial charge is 0.258 e. The molecule has 2 N–H and O–H groups in total. The molecule has 1 aromatic rings. The second-order valence-corrected chi connectivity index (χ2v) is 5.96. The molecule has 1 amide bonds. The van der Waals surface area contributed by atoms with Gasteiger partial charge in [-0.3, -0.25) is 4.79 Å². The number of rotatable bonds is 8. The normalized spacial score (nSPS) is 15.6. The van der Waals surface area contributed by atoms with E-state index >= 15 is 0 Å². The van der Waals surface area contributed by atoms with E-state index in [9.17, 15) is 4.79 Å². The van der Waals surface area contributed by atoms with Gasteiger partial charge in [0.15, 0.2) is 6.61 Å². The van der Waals surface area contributed by atoms with Gasteiger partial charge in [-0.15, -0.1) is 0 Å². The van der Waals surface area contributed by atoms with Crippen LogP contribution in [0.1, 0.15) is 38.7 Å². The number of ether oxygens (including phenoxy) is 1. The highest BCUT2D eigenvalue weighted by molar-refractivity contribution is 6.32. The van der Waals surface area contributed by atoms with Crippen LogP contribution in [0.15, 0.2) is 18.2 Å². The first kappa shape index (κ1) is 16.1. The summed E-state index contributed by atoms with van der Waals surface area (Å²) in [6.07, 6.45) is 3.36. The summed E-state index contributed by atoms with van der Waals surface area (Å²) < 4.78 is 5.64. The van der Waals surface area contributed by atoms with Crippen LogP contribution in [0.5, 0.6) is 5.75 Å². The monoisotopic (exact) mass is 310 g/mol. The van der Waals surface area contributed by atoms with Gasteiger partial charge in [-0.05, 0) is 32.3 Å². The molecule has 2 rings (SSSR count). The summed E-state index contributed by atoms with van der Waals surface area (Å²) >= 11 is 6.19. The number of para-hydroxylation sites is 1. The molecule has 21 heavy (non-hydrogen) atoms. The van der Waals surface area contributed by atoms with Crippen molar-refractivity contribution in [1.82, 2.24) is 10.6 Å². The number of benzene rings is 1. The Kier molecular flexibility index (Phi) is 5.88. The predicted octanol–water partition coefficient (Wildman–Crippen LogP) is 2.89. The fourth-order valence-corrected chi connectivity index (χ4v) is 2.20. The van der Waals surface area contributed by atoms with E-state index in [2.05, 4.69) is 10.6 Å². The van der Waals surface area contributed by atoms with E-state index in [1.165, 1.54) is 12.8 Å². The lowest BCUT2D eigenvalue weighted by Gasteiger charge is -2.15. The van der Waals surface area contributed by atoms with E-state index in [-0.39, 0.29) is 18.6 Å². The van der Waals surface area contributed by atoms with Crippen molar-refractivity contribution in [2.45, 2.75) is 51.7 Å². The Balaban J connectivity index is 1.92. The van der Waals surface area contributed by atoms with E-state index in [1.807, 2.05) is 26.0 Å². The minimum atomic E-state index is -0.120. The lowest BCUT2D eigenvalue weighted by molar-refractivity contribution is -0.123. The van der Waals surface area contributed by atoms with Gasteiger partial charge in [0.25, 0.3) is 5.91 Å². The fraction of sp³-hybridized carbons (Fsp3) is 0.562. The highest BCUT2D eigenvalue weighted by Crippen LogP contribution is 2.29. The molecule has 116 valence electrons. The third kappa shape index (κ3) is 5.21. The molecule has 0 heterocycles. The summed E-state index contributed by atoms with van der Waals surface area (Å²) in [5, 5.41) is 6.85. The van der Waals surface area contributed by atoms with E-state index in [0.29, 0.717) is 23.4 Å². The molecule has 0 aromatic heterocycles. The molecule has 1 aliphatic rings. The zero-order valence-corrected chi connectivity index (χ0v) is 13.4. The topological polar surface area (TPSA) is 50.4 Å². The summed E-state index contributed by atoms with van der Waals surface area (Å²) in [5.41, 5.74) is 0.991. The maximum absolute atomic E-state index is 11.8. The van der Waals surface area contributed by atoms with Crippen LogP contribution in [-0.4, -0.2) is 24.6 Å². The van der Waals surface area contributed by atoms with E-state index < -0.39 is 0 Å². The number of carbonyl (C=O) groups excluding carboxylic acids is 1. The van der Waals surface area contributed by atoms with Gasteiger partial charge in [0.05, 0.1) is 5.02 Å². The Morgan fingerprint density at radius 2 is 2.24 bits per heavy atom. The molecule has 0 spiro atoms. The lowest BCUT2D eigenvalue weighted by Crippen LogP contribution is -2.35. The average molecular weight is 311 g/mol. The summed E-state index contributed by atoms with van der Waals surface area (Å²) in [6, 6.07) is 6.43. The molecule has 1 aliphatic carbocycles. The van der Waals surface area contributed by atoms with Crippen LogP contribution in [0.2, 0.25) is 5.02 Å². The van der Waals surface area contributed by atoms with E-state index in [4.69, 9.17) is 16.3 Å². The number of amides is 1. The molecule has 4 nitrogen and oxygen atoms in total. The SMILES string of the molecule is CCC(C)NC(=O)COc1c(Cl)cccc1CNC1CC1. The highest BCUT2D eigenvalue weighted by atomic mass is 35.5. The standard InChI is InChI=1S/C16H23ClN2O2/c1-3-11(2)19-15(20)10-21-16-12(5-4-6-14(16)17)9-18-13-7-8-13/h4-6,11,13,18H,3,7-10H2,1-2H3,(H,19,20). The van der Waals surface area contributed by atoms with Crippen LogP contribution >= 0.6 is 11.6 Å². The molecule has 1 saturated carbocycles. The maximum Gasteiger partial charge on any atom is 0.258 e. The van der Waals surface area contributed by atoms with Crippen molar-refractivity contribution >= 4 is 17.5 Å². The molecule has 1 aromatic carbocycles. The number of carbonyl (C=O) groups is 1. The van der Waals surface area contributed by atoms with Crippen LogP contribution < -0.4 is 15.4 Å². The Bertz CT molecular complexity index is 489. The van der Waals surface area contributed by atoms with Crippen molar-refractivity contribution in [2.24, 2.45) is 0 Å². The second kappa shape index (κ2) is 7.66. The van der Waals surface area contributed by atoms with Gasteiger partial charge in [0.1, 0.15) is 5.75 Å². The van der Waals surface area contributed by atoms with Crippen LogP contribution in [-0.2, 0) is 11.3 Å². The van der Waals surface area contributed by atoms with Crippen LogP contribution in [0.3, 0.4) is 0 Å². The molecular formula is C16H23ClN2O2. The van der Waals surface area contributed by atoms with Crippen molar-refractivity contribution in [3.63, 3.8) is 0 Å². The first-order valence-electron chi connectivity index (χ1n) is 7.53. The van der Waals surface area contributed by atoms with Crippen molar-refractivity contribution in [1.29, 1.82) is 0 Å². The van der Waals surface area contributed by atoms with Gasteiger partial charge in [-0.2, -0.15) is 0 Å². The van der Waals surface area contributed by atoms with Crippen molar-refractivity contribution in [2.75, 3.05) is 6.61 Å². The number of halogens is 1. The maximum atomic E-state index is 11.8. The Morgan fingerprint density at radius 3 is 2.90 bits per heavy atom. The lowest BCUT2D eigenvalue weighted by atomic mass is 10.2. The molecule has 5 heteroatoms. The minimum Gasteiger partial charge on any atom is -0.482 e. The quantitative estimate of drug-likeness (QED) is 0.776. The molecule has 1 atom stereocenters. The Hall–Kier alpha value is -1.26. The Labute approximate surface area is 131 Å². The Morgan fingerprint density at radius 1 is 1.48 bits per heavy atom. The molecule has 1 fully saturated rings. The first-order chi connectivity index (χ1) is 10.1. The summed E-state index contributed by atoms with van der Waals surface area (Å²) in [6.45, 7) is 4.71. The average Bonchev–Trinajstić information content (AvgIpc) is 3.28. The molecule has 0 radical (unpaired) electrons. The van der Waals surface area contributed by atoms with Crippen molar-refractivity contribution in [3.8, 4) is 5.75 Å². The predicted molar refractivity (Wildman–Crippen MR) is 84.7 cm³/mol. The largest absolute Gasteiger partial charge is 0.482 e. The summed E-state index contributed by atoms with van der Waals surface area (Å²) in [5.74, 6) is 0.483. The second-order valence-electron chi connectivity index (χ2n) is 5.55. The van der Waals surface area contributed by atoms with E-state index in [1.54, 1.807) is 6.07 Å². The van der Waals surface area contributed by atoms with Gasteiger partial charge in [-0.1, -0.05) is 30.7 Å². The summed E-state index contributed by atoms with van der Waals surface area (Å²) in [4.78, 5) is 11.8. The van der Waals surface area contributed by atoms with Gasteiger partial charge >= 0.3 is 0 Å². The minimum absolute atomic E-state index is 0.00942. The first-order valence-corrected chi connectivity index (χ1v) is 7.91. The molecular weight excluding hydrogens is 288 g/mol. The van der Waals surface area contributed by atoms with Crippen LogP contribution in [0, 0.1) is 0 Å². The van der Waals surface area contributed by atoms with Gasteiger partial charge in [-0.25, -0.2) is 0 Å². The van der Waals surface area contributed by atoms with Gasteiger partial charge in [0, 0.05) is 24.2 Å². The van der Waals surface area contributed by atoms with Gasteiger partial charge < -0.3 is 15.4 Å². The number of hydrogen-bond acceptors (Lipinski definition) is 3. The molecule has 0 bridgehead atoms. The summed E-state index contributed by atoms with van der Waals surface area (Å²) in [7, 11) is 0. The third-order valence-corrected chi connectivity index (χ3v) is 3.87. The van der Waals surface area contributed by atoms with Crippen molar-refractivity contribution < 1.29 is 9.53 Å². The highest BCUT2D eigenvalue weighted by Gasteiger charge is 2.21. The fourth-order valence-electron chi connectivity index (χ4n) is 1.95. The van der Waals surface area contributed by atoms with E-state index in [0.717, 1.165) is 12.0 Å². The van der Waals surface area contributed by atoms with Crippen molar-refractivity contribution in [3.05, 3.63) is 28.8 Å².